The summed E-state index contributed by atoms with van der Waals surface area (Å²) in [5.41, 5.74) is 3.38. The van der Waals surface area contributed by atoms with Crippen molar-refractivity contribution in [1.29, 1.82) is 0 Å². The number of amides is 2. The van der Waals surface area contributed by atoms with Crippen LogP contribution in [0.4, 0.5) is 10.5 Å². The number of phenols is 1. The summed E-state index contributed by atoms with van der Waals surface area (Å²) in [5, 5.41) is 21.4. The predicted octanol–water partition coefficient (Wildman–Crippen LogP) is 5.19. The monoisotopic (exact) mass is 487 g/mol. The third kappa shape index (κ3) is 5.02. The van der Waals surface area contributed by atoms with Crippen molar-refractivity contribution in [2.75, 3.05) is 5.32 Å². The summed E-state index contributed by atoms with van der Waals surface area (Å²) >= 11 is 6.20. The minimum Gasteiger partial charge on any atom is -0.507 e. The lowest BCUT2D eigenvalue weighted by Gasteiger charge is -2.09. The van der Waals surface area contributed by atoms with Gasteiger partial charge in [0.1, 0.15) is 5.75 Å². The predicted molar refractivity (Wildman–Crippen MR) is 133 cm³/mol. The zero-order chi connectivity index (χ0) is 24.4. The molecule has 2 heterocycles. The molecule has 176 valence electrons. The molecular formula is C26H22ClN5O3. The number of nitrogens with one attached hydrogen (secondary N) is 2. The molecule has 2 aromatic heterocycles. The number of benzene rings is 2. The van der Waals surface area contributed by atoms with Gasteiger partial charge in [0.25, 0.3) is 5.91 Å². The second kappa shape index (κ2) is 9.60. The Bertz CT molecular complexity index is 1400. The maximum absolute atomic E-state index is 13.0. The molecule has 0 aliphatic heterocycles. The molecule has 1 aliphatic rings. The van der Waals surface area contributed by atoms with Crippen LogP contribution in [0.2, 0.25) is 5.02 Å². The molecule has 8 nitrogen and oxygen atoms in total. The number of carbonyl (C=O) groups is 2. The quantitative estimate of drug-likeness (QED) is 0.346. The molecule has 1 saturated carbocycles. The molecule has 9 heteroatoms. The smallest absolute Gasteiger partial charge is 0.342 e. The molecule has 1 aliphatic carbocycles. The van der Waals surface area contributed by atoms with Crippen LogP contribution in [-0.2, 0) is 6.54 Å². The van der Waals surface area contributed by atoms with Gasteiger partial charge < -0.3 is 15.7 Å². The summed E-state index contributed by atoms with van der Waals surface area (Å²) in [6.45, 7) is 0.272. The van der Waals surface area contributed by atoms with E-state index in [9.17, 15) is 14.7 Å². The molecule has 1 fully saturated rings. The van der Waals surface area contributed by atoms with Gasteiger partial charge in [0.05, 0.1) is 17.0 Å². The molecule has 3 N–H and O–H groups in total. The topological polar surface area (TPSA) is 109 Å². The minimum atomic E-state index is -0.363. The van der Waals surface area contributed by atoms with Crippen LogP contribution in [0.5, 0.6) is 5.75 Å². The number of pyridine rings is 1. The summed E-state index contributed by atoms with van der Waals surface area (Å²) in [4.78, 5) is 29.3. The Balaban J connectivity index is 1.35. The number of nitrogens with zero attached hydrogens (tertiary/aromatic N) is 3. The Labute approximate surface area is 206 Å². The first kappa shape index (κ1) is 22.6. The van der Waals surface area contributed by atoms with Crippen molar-refractivity contribution in [3.63, 3.8) is 0 Å². The van der Waals surface area contributed by atoms with Gasteiger partial charge in [-0.2, -0.15) is 9.78 Å². The Morgan fingerprint density at radius 3 is 2.63 bits per heavy atom. The van der Waals surface area contributed by atoms with Crippen LogP contribution in [0.25, 0.3) is 11.3 Å². The fraction of sp³-hybridized carbons (Fsp3) is 0.154. The summed E-state index contributed by atoms with van der Waals surface area (Å²) in [6, 6.07) is 16.9. The lowest BCUT2D eigenvalue weighted by atomic mass is 10.1. The lowest BCUT2D eigenvalue weighted by molar-refractivity contribution is 0.102. The van der Waals surface area contributed by atoms with E-state index in [0.717, 1.165) is 24.1 Å². The molecule has 0 unspecified atom stereocenters. The summed E-state index contributed by atoms with van der Waals surface area (Å²) < 4.78 is 1.36. The molecule has 0 saturated heterocycles. The number of aromatic nitrogens is 3. The highest BCUT2D eigenvalue weighted by molar-refractivity contribution is 6.31. The molecule has 0 bridgehead atoms. The Kier molecular flexibility index (Phi) is 6.20. The van der Waals surface area contributed by atoms with Crippen LogP contribution in [0.15, 0.2) is 73.1 Å². The van der Waals surface area contributed by atoms with Crippen molar-refractivity contribution < 1.29 is 14.7 Å². The zero-order valence-corrected chi connectivity index (χ0v) is 19.4. The molecule has 2 amide bonds. The molecule has 35 heavy (non-hydrogen) atoms. The summed E-state index contributed by atoms with van der Waals surface area (Å²) in [7, 11) is 0. The van der Waals surface area contributed by atoms with Crippen molar-refractivity contribution >= 4 is 29.2 Å². The number of hydrogen-bond acceptors (Lipinski definition) is 5. The van der Waals surface area contributed by atoms with Crippen LogP contribution in [0.3, 0.4) is 0 Å². The number of aromatic hydroxyl groups is 1. The molecule has 0 spiro atoms. The van der Waals surface area contributed by atoms with Crippen molar-refractivity contribution in [2.45, 2.75) is 25.3 Å². The van der Waals surface area contributed by atoms with E-state index in [1.54, 1.807) is 36.5 Å². The lowest BCUT2D eigenvalue weighted by Crippen LogP contribution is -2.30. The molecule has 2 aromatic carbocycles. The standard InChI is InChI=1S/C26H22ClN5O3/c27-21-6-2-1-4-17(21)15-29-26(35)32-23(16-7-8-16)13-22(31-32)20-10-9-19(12-24(20)33)30-25(34)18-5-3-11-28-14-18/h1-6,9-14,16,33H,7-8,15H2,(H,29,35)(H,30,34). The van der Waals surface area contributed by atoms with Gasteiger partial charge in [0.15, 0.2) is 0 Å². The van der Waals surface area contributed by atoms with Gasteiger partial charge in [0.2, 0.25) is 0 Å². The van der Waals surface area contributed by atoms with Gasteiger partial charge in [-0.1, -0.05) is 29.8 Å². The van der Waals surface area contributed by atoms with E-state index in [0.29, 0.717) is 27.5 Å². The highest BCUT2D eigenvalue weighted by Crippen LogP contribution is 2.42. The van der Waals surface area contributed by atoms with Gasteiger partial charge in [0, 0.05) is 47.2 Å². The van der Waals surface area contributed by atoms with Gasteiger partial charge in [-0.15, -0.1) is 0 Å². The highest BCUT2D eigenvalue weighted by atomic mass is 35.5. The fourth-order valence-electron chi connectivity index (χ4n) is 3.77. The van der Waals surface area contributed by atoms with E-state index < -0.39 is 0 Å². The van der Waals surface area contributed by atoms with Gasteiger partial charge in [-0.3, -0.25) is 9.78 Å². The summed E-state index contributed by atoms with van der Waals surface area (Å²) in [5.74, 6) is -0.138. The number of carbonyl (C=O) groups excluding carboxylic acids is 2. The maximum Gasteiger partial charge on any atom is 0.342 e. The average Bonchev–Trinajstić information content (AvgIpc) is 3.62. The normalized spacial score (nSPS) is 12.8. The first-order valence-electron chi connectivity index (χ1n) is 11.2. The van der Waals surface area contributed by atoms with E-state index in [1.807, 2.05) is 24.3 Å². The molecule has 0 atom stereocenters. The van der Waals surface area contributed by atoms with Crippen molar-refractivity contribution in [2.24, 2.45) is 0 Å². The highest BCUT2D eigenvalue weighted by Gasteiger charge is 2.30. The van der Waals surface area contributed by atoms with Crippen molar-refractivity contribution in [3.05, 3.63) is 94.9 Å². The van der Waals surface area contributed by atoms with Crippen molar-refractivity contribution in [3.8, 4) is 17.0 Å². The Morgan fingerprint density at radius 1 is 1.09 bits per heavy atom. The molecule has 5 rings (SSSR count). The van der Waals surface area contributed by atoms with Gasteiger partial charge in [-0.05, 0) is 54.8 Å². The number of halogens is 1. The first-order valence-corrected chi connectivity index (χ1v) is 11.5. The zero-order valence-electron chi connectivity index (χ0n) is 18.6. The SMILES string of the molecule is O=C(Nc1ccc(-c2cc(C3CC3)n(C(=O)NCc3ccccc3Cl)n2)c(O)c1)c1cccnc1. The van der Waals surface area contributed by atoms with Gasteiger partial charge >= 0.3 is 6.03 Å². The number of phenolic OH excluding ortho intramolecular Hbond substituents is 1. The molecule has 0 radical (unpaired) electrons. The van der Waals surface area contributed by atoms with Crippen LogP contribution in [-0.4, -0.2) is 31.8 Å². The van der Waals surface area contributed by atoms with Crippen LogP contribution in [0.1, 0.15) is 40.4 Å². The van der Waals surface area contributed by atoms with E-state index in [1.165, 1.54) is 16.9 Å². The summed E-state index contributed by atoms with van der Waals surface area (Å²) in [6.07, 6.45) is 5.01. The Morgan fingerprint density at radius 2 is 1.91 bits per heavy atom. The van der Waals surface area contributed by atoms with E-state index in [4.69, 9.17) is 11.6 Å². The van der Waals surface area contributed by atoms with Crippen LogP contribution < -0.4 is 10.6 Å². The number of anilines is 1. The van der Waals surface area contributed by atoms with Crippen molar-refractivity contribution in [1.82, 2.24) is 20.1 Å². The Hall–Kier alpha value is -4.17. The number of rotatable bonds is 6. The fourth-order valence-corrected chi connectivity index (χ4v) is 3.98. The first-order chi connectivity index (χ1) is 17.0. The third-order valence-electron chi connectivity index (χ3n) is 5.77. The van der Waals surface area contributed by atoms with Crippen LogP contribution in [0, 0.1) is 0 Å². The van der Waals surface area contributed by atoms with E-state index >= 15 is 0 Å². The largest absolute Gasteiger partial charge is 0.507 e. The molecular weight excluding hydrogens is 466 g/mol. The van der Waals surface area contributed by atoms with E-state index in [-0.39, 0.29) is 30.2 Å². The average molecular weight is 488 g/mol. The van der Waals surface area contributed by atoms with E-state index in [2.05, 4.69) is 20.7 Å². The van der Waals surface area contributed by atoms with Gasteiger partial charge in [-0.25, -0.2) is 4.79 Å². The minimum absolute atomic E-state index is 0.0579. The molecule has 4 aromatic rings. The second-order valence-corrected chi connectivity index (χ2v) is 8.73. The third-order valence-corrected chi connectivity index (χ3v) is 6.14. The van der Waals surface area contributed by atoms with Crippen LogP contribution >= 0.6 is 11.6 Å². The second-order valence-electron chi connectivity index (χ2n) is 8.32. The number of hydrogen-bond donors (Lipinski definition) is 3. The maximum atomic E-state index is 13.0.